The first-order valence-corrected chi connectivity index (χ1v) is 8.60. The quantitative estimate of drug-likeness (QED) is 0.837. The van der Waals surface area contributed by atoms with E-state index in [1.54, 1.807) is 12.1 Å². The fourth-order valence-electron chi connectivity index (χ4n) is 2.58. The van der Waals surface area contributed by atoms with E-state index in [4.69, 9.17) is 11.6 Å². The summed E-state index contributed by atoms with van der Waals surface area (Å²) in [4.78, 5) is 25.9. The molecule has 0 unspecified atom stereocenters. The van der Waals surface area contributed by atoms with Gasteiger partial charge in [0.25, 0.3) is 0 Å². The molecule has 4 nitrogen and oxygen atoms in total. The van der Waals surface area contributed by atoms with Crippen molar-refractivity contribution < 1.29 is 9.59 Å². The Morgan fingerprint density at radius 2 is 1.84 bits per heavy atom. The predicted molar refractivity (Wildman–Crippen MR) is 103 cm³/mol. The summed E-state index contributed by atoms with van der Waals surface area (Å²) >= 11 is 6.15. The number of nitrogens with one attached hydrogen (secondary N) is 1. The Balaban J connectivity index is 2.19. The summed E-state index contributed by atoms with van der Waals surface area (Å²) in [5.41, 5.74) is 3.36. The third kappa shape index (κ3) is 4.83. The Bertz CT molecular complexity index is 787. The molecule has 0 aliphatic carbocycles. The van der Waals surface area contributed by atoms with Crippen molar-refractivity contribution in [1.82, 2.24) is 0 Å². The fraction of sp³-hybridized carbons (Fsp3) is 0.300. The number of rotatable bonds is 5. The molecule has 0 atom stereocenters. The van der Waals surface area contributed by atoms with Crippen LogP contribution in [0, 0.1) is 6.92 Å². The highest BCUT2D eigenvalue weighted by atomic mass is 35.5. The maximum Gasteiger partial charge on any atom is 0.244 e. The normalized spacial score (nSPS) is 10.6. The number of para-hydroxylation sites is 1. The van der Waals surface area contributed by atoms with E-state index in [0.29, 0.717) is 10.7 Å². The first kappa shape index (κ1) is 19.0. The average Bonchev–Trinajstić information content (AvgIpc) is 2.55. The van der Waals surface area contributed by atoms with Gasteiger partial charge >= 0.3 is 0 Å². The van der Waals surface area contributed by atoms with E-state index in [9.17, 15) is 9.59 Å². The van der Waals surface area contributed by atoms with Gasteiger partial charge in [-0.3, -0.25) is 9.59 Å². The number of hydrogen-bond donors (Lipinski definition) is 1. The predicted octanol–water partition coefficient (Wildman–Crippen LogP) is 4.76. The van der Waals surface area contributed by atoms with E-state index >= 15 is 0 Å². The van der Waals surface area contributed by atoms with Crippen LogP contribution in [0.4, 0.5) is 11.4 Å². The number of anilines is 2. The highest BCUT2D eigenvalue weighted by Gasteiger charge is 2.17. The lowest BCUT2D eigenvalue weighted by Crippen LogP contribution is -2.36. The first-order chi connectivity index (χ1) is 11.8. The highest BCUT2D eigenvalue weighted by Crippen LogP contribution is 2.25. The van der Waals surface area contributed by atoms with Crippen molar-refractivity contribution in [3.05, 3.63) is 58.6 Å². The molecule has 2 rings (SSSR count). The van der Waals surface area contributed by atoms with Gasteiger partial charge in [0, 0.05) is 23.3 Å². The molecule has 25 heavy (non-hydrogen) atoms. The van der Waals surface area contributed by atoms with Crippen LogP contribution in [-0.2, 0) is 9.59 Å². The standard InChI is InChI=1S/C20H23ClN2O2/c1-13(2)17-7-5-6-8-19(17)22-20(25)12-23(15(4)24)16-10-9-14(3)18(21)11-16/h5-11,13H,12H2,1-4H3,(H,22,25). The summed E-state index contributed by atoms with van der Waals surface area (Å²) < 4.78 is 0. The molecular weight excluding hydrogens is 336 g/mol. The molecule has 132 valence electrons. The minimum atomic E-state index is -0.250. The number of carbonyl (C=O) groups is 2. The van der Waals surface area contributed by atoms with Gasteiger partial charge in [0.05, 0.1) is 0 Å². The first-order valence-electron chi connectivity index (χ1n) is 8.22. The van der Waals surface area contributed by atoms with Crippen LogP contribution in [-0.4, -0.2) is 18.4 Å². The summed E-state index contributed by atoms with van der Waals surface area (Å²) in [5.74, 6) is -0.177. The van der Waals surface area contributed by atoms with Crippen molar-refractivity contribution in [2.24, 2.45) is 0 Å². The minimum absolute atomic E-state index is 0.0683. The Labute approximate surface area is 153 Å². The van der Waals surface area contributed by atoms with Crippen molar-refractivity contribution in [2.75, 3.05) is 16.8 Å². The van der Waals surface area contributed by atoms with Crippen molar-refractivity contribution in [2.45, 2.75) is 33.6 Å². The molecule has 0 aliphatic heterocycles. The smallest absolute Gasteiger partial charge is 0.244 e. The molecule has 2 amide bonds. The highest BCUT2D eigenvalue weighted by molar-refractivity contribution is 6.31. The van der Waals surface area contributed by atoms with Crippen LogP contribution >= 0.6 is 11.6 Å². The maximum atomic E-state index is 12.5. The molecule has 2 aromatic carbocycles. The monoisotopic (exact) mass is 358 g/mol. The van der Waals surface area contributed by atoms with Crippen LogP contribution in [0.5, 0.6) is 0 Å². The second kappa shape index (κ2) is 8.17. The Morgan fingerprint density at radius 1 is 1.16 bits per heavy atom. The third-order valence-corrected chi connectivity index (χ3v) is 4.41. The molecular formula is C20H23ClN2O2. The summed E-state index contributed by atoms with van der Waals surface area (Å²) in [7, 11) is 0. The third-order valence-electron chi connectivity index (χ3n) is 4.01. The molecule has 0 saturated carbocycles. The van der Waals surface area contributed by atoms with E-state index < -0.39 is 0 Å². The number of aryl methyl sites for hydroxylation is 1. The summed E-state index contributed by atoms with van der Waals surface area (Å²) in [6.07, 6.45) is 0. The molecule has 0 aliphatic rings. The van der Waals surface area contributed by atoms with Gasteiger partial charge < -0.3 is 10.2 Å². The van der Waals surface area contributed by atoms with E-state index in [1.165, 1.54) is 11.8 Å². The van der Waals surface area contributed by atoms with E-state index in [1.807, 2.05) is 37.3 Å². The lowest BCUT2D eigenvalue weighted by molar-refractivity contribution is -0.120. The van der Waals surface area contributed by atoms with E-state index in [2.05, 4.69) is 19.2 Å². The van der Waals surface area contributed by atoms with Crippen molar-refractivity contribution in [3.63, 3.8) is 0 Å². The minimum Gasteiger partial charge on any atom is -0.324 e. The van der Waals surface area contributed by atoms with Crippen molar-refractivity contribution >= 4 is 34.8 Å². The molecule has 0 saturated heterocycles. The average molecular weight is 359 g/mol. The summed E-state index contributed by atoms with van der Waals surface area (Å²) in [5, 5.41) is 3.47. The lowest BCUT2D eigenvalue weighted by Gasteiger charge is -2.22. The largest absolute Gasteiger partial charge is 0.324 e. The van der Waals surface area contributed by atoms with Crippen LogP contribution in [0.1, 0.15) is 37.8 Å². The Hall–Kier alpha value is -2.33. The molecule has 0 spiro atoms. The molecule has 0 radical (unpaired) electrons. The van der Waals surface area contributed by atoms with Gasteiger partial charge in [0.2, 0.25) is 11.8 Å². The lowest BCUT2D eigenvalue weighted by atomic mass is 10.0. The van der Waals surface area contributed by atoms with Crippen LogP contribution in [0.15, 0.2) is 42.5 Å². The Kier molecular flexibility index (Phi) is 6.21. The van der Waals surface area contributed by atoms with E-state index in [-0.39, 0.29) is 24.3 Å². The molecule has 0 fully saturated rings. The topological polar surface area (TPSA) is 49.4 Å². The Morgan fingerprint density at radius 3 is 2.44 bits per heavy atom. The molecule has 1 N–H and O–H groups in total. The van der Waals surface area contributed by atoms with Gasteiger partial charge in [0.15, 0.2) is 0 Å². The van der Waals surface area contributed by atoms with Crippen LogP contribution in [0.2, 0.25) is 5.02 Å². The number of halogens is 1. The van der Waals surface area contributed by atoms with Gasteiger partial charge in [0.1, 0.15) is 6.54 Å². The number of benzene rings is 2. The van der Waals surface area contributed by atoms with Gasteiger partial charge in [-0.15, -0.1) is 0 Å². The zero-order valence-electron chi connectivity index (χ0n) is 15.0. The molecule has 0 heterocycles. The van der Waals surface area contributed by atoms with Crippen molar-refractivity contribution in [1.29, 1.82) is 0 Å². The van der Waals surface area contributed by atoms with Crippen molar-refractivity contribution in [3.8, 4) is 0 Å². The molecule has 2 aromatic rings. The maximum absolute atomic E-state index is 12.5. The molecule has 5 heteroatoms. The van der Waals surface area contributed by atoms with Crippen LogP contribution in [0.25, 0.3) is 0 Å². The SMILES string of the molecule is CC(=O)N(CC(=O)Nc1ccccc1C(C)C)c1ccc(C)c(Cl)c1. The fourth-order valence-corrected chi connectivity index (χ4v) is 2.76. The number of carbonyl (C=O) groups excluding carboxylic acids is 2. The van der Waals surface area contributed by atoms with Crippen LogP contribution in [0.3, 0.4) is 0 Å². The number of nitrogens with zero attached hydrogens (tertiary/aromatic N) is 1. The second-order valence-corrected chi connectivity index (χ2v) is 6.74. The van der Waals surface area contributed by atoms with Gasteiger partial charge in [-0.2, -0.15) is 0 Å². The molecule has 0 aromatic heterocycles. The van der Waals surface area contributed by atoms with E-state index in [0.717, 1.165) is 16.8 Å². The van der Waals surface area contributed by atoms with Gasteiger partial charge in [-0.1, -0.05) is 49.7 Å². The van der Waals surface area contributed by atoms with Crippen LogP contribution < -0.4 is 10.2 Å². The summed E-state index contributed by atoms with van der Waals surface area (Å²) in [6, 6.07) is 13.0. The molecule has 0 bridgehead atoms. The second-order valence-electron chi connectivity index (χ2n) is 6.33. The zero-order valence-corrected chi connectivity index (χ0v) is 15.7. The number of hydrogen-bond acceptors (Lipinski definition) is 2. The number of amides is 2. The van der Waals surface area contributed by atoms with Gasteiger partial charge in [-0.05, 0) is 42.2 Å². The zero-order chi connectivity index (χ0) is 18.6. The van der Waals surface area contributed by atoms with Gasteiger partial charge in [-0.25, -0.2) is 0 Å². The summed E-state index contributed by atoms with van der Waals surface area (Å²) in [6.45, 7) is 7.40.